The van der Waals surface area contributed by atoms with Gasteiger partial charge in [0.05, 0.1) is 6.67 Å². The predicted octanol–water partition coefficient (Wildman–Crippen LogP) is 4.40. The largest absolute Gasteiger partial charge is 1.00 e. The molecule has 0 saturated carbocycles. The van der Waals surface area contributed by atoms with Crippen LogP contribution in [0.2, 0.25) is 0 Å². The monoisotopic (exact) mass is 504 g/mol. The Morgan fingerprint density at radius 3 is 2.12 bits per heavy atom. The molecule has 1 N–H and O–H groups in total. The van der Waals surface area contributed by atoms with Crippen LogP contribution in [-0.2, 0) is 4.79 Å². The van der Waals surface area contributed by atoms with E-state index in [1.54, 1.807) is 24.4 Å². The van der Waals surface area contributed by atoms with Crippen LogP contribution in [0.1, 0.15) is 53.1 Å². The van der Waals surface area contributed by atoms with E-state index >= 15 is 0 Å². The number of hydrogen-bond acceptors (Lipinski definition) is 1. The molecule has 1 atom stereocenters. The molecular weight excluding hydrogens is 471 g/mol. The zero-order valence-corrected chi connectivity index (χ0v) is 24.2. The van der Waals surface area contributed by atoms with Crippen LogP contribution in [0.4, 0.5) is 23.2 Å². The summed E-state index contributed by atoms with van der Waals surface area (Å²) in [4.78, 5) is 11.5. The zero-order chi connectivity index (χ0) is 25.2. The number of amides is 1. The third-order valence-corrected chi connectivity index (χ3v) is 5.16. The van der Waals surface area contributed by atoms with Gasteiger partial charge >= 0.3 is 57.6 Å². The third kappa shape index (κ3) is 11.0. The third-order valence-electron chi connectivity index (χ3n) is 5.16. The fourth-order valence-electron chi connectivity index (χ4n) is 3.13. The number of hydrogen-bond donors (Lipinski definition) is 1. The first-order chi connectivity index (χ1) is 15.5. The van der Waals surface area contributed by atoms with Gasteiger partial charge in [0, 0.05) is 5.92 Å². The van der Waals surface area contributed by atoms with E-state index in [-0.39, 0.29) is 63.8 Å². The van der Waals surface area contributed by atoms with Crippen LogP contribution < -0.4 is 56.7 Å². The Bertz CT molecular complexity index is 935. The van der Waals surface area contributed by atoms with Crippen molar-refractivity contribution in [2.75, 3.05) is 19.8 Å². The Hall–Kier alpha value is -1.19. The summed E-state index contributed by atoms with van der Waals surface area (Å²) < 4.78 is 50.1. The molecule has 1 unspecified atom stereocenters. The van der Waals surface area contributed by atoms with E-state index < -0.39 is 25.3 Å². The molecule has 182 valence electrons. The van der Waals surface area contributed by atoms with Gasteiger partial charge in [-0.2, -0.15) is 13.2 Å². The SMILES string of the molecule is CC.Cc1cc(/C=C/C(CF)c2cc(C)c(C)c(C)c2)ccc1[N-]CC(=O)NCC(F)(F)F.[K+]. The molecule has 0 bridgehead atoms. The van der Waals surface area contributed by atoms with E-state index in [2.05, 4.69) is 5.32 Å². The first kappa shape index (κ1) is 32.8. The van der Waals surface area contributed by atoms with E-state index in [1.807, 2.05) is 65.0 Å². The van der Waals surface area contributed by atoms with Crippen LogP contribution in [0, 0.1) is 27.7 Å². The minimum Gasteiger partial charge on any atom is -0.677 e. The molecule has 0 aliphatic rings. The van der Waals surface area contributed by atoms with E-state index in [9.17, 15) is 22.4 Å². The van der Waals surface area contributed by atoms with Crippen LogP contribution in [0.15, 0.2) is 36.4 Å². The van der Waals surface area contributed by atoms with Crippen LogP contribution in [0.3, 0.4) is 0 Å². The van der Waals surface area contributed by atoms with Gasteiger partial charge in [-0.3, -0.25) is 9.18 Å². The molecule has 3 nitrogen and oxygen atoms in total. The van der Waals surface area contributed by atoms with Crippen LogP contribution in [-0.4, -0.2) is 31.8 Å². The number of nitrogens with zero attached hydrogens (tertiary/aromatic N) is 1. The van der Waals surface area contributed by atoms with Crippen LogP contribution in [0.5, 0.6) is 0 Å². The number of aryl methyl sites for hydroxylation is 3. The number of carbonyl (C=O) groups is 1. The average molecular weight is 505 g/mol. The number of alkyl halides is 4. The van der Waals surface area contributed by atoms with Crippen molar-refractivity contribution in [3.63, 3.8) is 0 Å². The number of halogens is 4. The Kier molecular flexibility index (Phi) is 15.2. The molecule has 34 heavy (non-hydrogen) atoms. The second-order valence-electron chi connectivity index (χ2n) is 7.65. The van der Waals surface area contributed by atoms with Crippen molar-refractivity contribution in [1.29, 1.82) is 0 Å². The maximum absolute atomic E-state index is 13.7. The van der Waals surface area contributed by atoms with Gasteiger partial charge in [-0.1, -0.05) is 61.9 Å². The fourth-order valence-corrected chi connectivity index (χ4v) is 3.13. The van der Waals surface area contributed by atoms with Gasteiger partial charge in [0.1, 0.15) is 6.54 Å². The summed E-state index contributed by atoms with van der Waals surface area (Å²) in [6.07, 6.45) is -0.797. The summed E-state index contributed by atoms with van der Waals surface area (Å²) in [6, 6.07) is 9.32. The van der Waals surface area contributed by atoms with E-state index in [4.69, 9.17) is 0 Å². The van der Waals surface area contributed by atoms with Crippen molar-refractivity contribution in [3.8, 4) is 0 Å². The standard InChI is InChI=1S/C24H27F4N2O.C2H6.K/c1-15-10-21(11-16(2)18(15)4)20(12-25)7-5-19-6-8-22(17(3)9-19)29-13-23(31)30-14-24(26,27)28;1-2;/h5-11,20H,12-14H2,1-4H3,(H,30,31);1-2H3;/q-1;;+1/b7-5+;;. The van der Waals surface area contributed by atoms with E-state index in [1.165, 1.54) is 5.56 Å². The maximum Gasteiger partial charge on any atom is 1.00 e. The molecule has 0 radical (unpaired) electrons. The van der Waals surface area contributed by atoms with E-state index in [0.717, 1.165) is 27.8 Å². The number of carbonyl (C=O) groups excluding carboxylic acids is 1. The molecule has 8 heteroatoms. The summed E-state index contributed by atoms with van der Waals surface area (Å²) in [5, 5.41) is 5.86. The summed E-state index contributed by atoms with van der Waals surface area (Å²) in [6.45, 7) is 9.59. The first-order valence-electron chi connectivity index (χ1n) is 10.9. The molecule has 0 fully saturated rings. The molecular formula is C26H33F4KN2O. The minimum atomic E-state index is -4.45. The molecule has 2 aromatic carbocycles. The quantitative estimate of drug-likeness (QED) is 0.420. The van der Waals surface area contributed by atoms with Gasteiger partial charge < -0.3 is 10.6 Å². The Morgan fingerprint density at radius 1 is 1.03 bits per heavy atom. The second-order valence-corrected chi connectivity index (χ2v) is 7.65. The zero-order valence-electron chi connectivity index (χ0n) is 21.1. The smallest absolute Gasteiger partial charge is 0.677 e. The van der Waals surface area contributed by atoms with Gasteiger partial charge in [0.2, 0.25) is 5.91 Å². The number of benzene rings is 2. The van der Waals surface area contributed by atoms with Gasteiger partial charge in [0.15, 0.2) is 0 Å². The number of nitrogens with one attached hydrogen (secondary N) is 1. The van der Waals surface area contributed by atoms with E-state index in [0.29, 0.717) is 5.69 Å². The fraction of sp³-hybridized carbons (Fsp3) is 0.423. The average Bonchev–Trinajstić information content (AvgIpc) is 2.76. The van der Waals surface area contributed by atoms with Gasteiger partial charge in [-0.25, -0.2) is 0 Å². The molecule has 0 saturated heterocycles. The van der Waals surface area contributed by atoms with Gasteiger partial charge in [0.25, 0.3) is 0 Å². The summed E-state index contributed by atoms with van der Waals surface area (Å²) in [5.74, 6) is -1.16. The maximum atomic E-state index is 13.7. The van der Waals surface area contributed by atoms with Crippen molar-refractivity contribution in [2.45, 2.75) is 53.6 Å². The number of allylic oxidation sites excluding steroid dienone is 1. The summed E-state index contributed by atoms with van der Waals surface area (Å²) >= 11 is 0. The summed E-state index contributed by atoms with van der Waals surface area (Å²) in [5.41, 5.74) is 6.51. The van der Waals surface area contributed by atoms with Gasteiger partial charge in [-0.15, -0.1) is 5.69 Å². The minimum absolute atomic E-state index is 0. The molecule has 0 aromatic heterocycles. The molecule has 0 heterocycles. The Labute approximate surface area is 243 Å². The van der Waals surface area contributed by atoms with Crippen LogP contribution in [0.25, 0.3) is 11.4 Å². The van der Waals surface area contributed by atoms with Crippen molar-refractivity contribution in [2.24, 2.45) is 0 Å². The van der Waals surface area contributed by atoms with Crippen LogP contribution >= 0.6 is 0 Å². The second kappa shape index (κ2) is 15.7. The first-order valence-corrected chi connectivity index (χ1v) is 10.9. The van der Waals surface area contributed by atoms with Gasteiger partial charge in [-0.05, 0) is 62.1 Å². The normalized spacial score (nSPS) is 11.8. The van der Waals surface area contributed by atoms with Crippen molar-refractivity contribution in [3.05, 3.63) is 75.1 Å². The summed E-state index contributed by atoms with van der Waals surface area (Å²) in [7, 11) is 0. The molecule has 0 aliphatic heterocycles. The Morgan fingerprint density at radius 2 is 1.62 bits per heavy atom. The predicted molar refractivity (Wildman–Crippen MR) is 128 cm³/mol. The topological polar surface area (TPSA) is 43.2 Å². The van der Waals surface area contributed by atoms with Crippen molar-refractivity contribution < 1.29 is 73.7 Å². The molecule has 2 aromatic rings. The Balaban J connectivity index is 0.00000353. The molecule has 2 rings (SSSR count). The van der Waals surface area contributed by atoms with Crippen molar-refractivity contribution in [1.82, 2.24) is 5.32 Å². The molecule has 0 spiro atoms. The van der Waals surface area contributed by atoms with Crippen molar-refractivity contribution >= 4 is 17.7 Å². The molecule has 1 amide bonds. The number of rotatable bonds is 8. The molecule has 0 aliphatic carbocycles.